The molecule has 0 spiro atoms. The molecule has 1 aromatic carbocycles. The molecule has 1 aromatic rings. The summed E-state index contributed by atoms with van der Waals surface area (Å²) in [5, 5.41) is 0. The van der Waals surface area contributed by atoms with Crippen molar-refractivity contribution >= 4 is 0 Å². The van der Waals surface area contributed by atoms with Crippen molar-refractivity contribution in [2.24, 2.45) is 0 Å². The first-order valence-electron chi connectivity index (χ1n) is 6.14. The van der Waals surface area contributed by atoms with E-state index in [0.717, 1.165) is 18.6 Å². The second kappa shape index (κ2) is 4.80. The van der Waals surface area contributed by atoms with Crippen molar-refractivity contribution in [2.75, 3.05) is 0 Å². The van der Waals surface area contributed by atoms with Crippen molar-refractivity contribution in [1.82, 2.24) is 4.90 Å². The van der Waals surface area contributed by atoms with E-state index in [0.29, 0.717) is 0 Å². The van der Waals surface area contributed by atoms with Crippen LogP contribution in [0.2, 0.25) is 0 Å². The summed E-state index contributed by atoms with van der Waals surface area (Å²) in [5.74, 6) is 0. The standard InChI is InChI=1S/C14H21N/c1-3-13-10-14(4-2)15(13)11-12-8-6-5-7-9-12/h5-9,13-14H,3-4,10-11H2,1-2H3/t13-,14+. The Bertz CT molecular complexity index is 283. The normalized spacial score (nSPS) is 26.3. The zero-order valence-electron chi connectivity index (χ0n) is 9.82. The van der Waals surface area contributed by atoms with Gasteiger partial charge in [-0.15, -0.1) is 0 Å². The van der Waals surface area contributed by atoms with E-state index < -0.39 is 0 Å². The first-order valence-corrected chi connectivity index (χ1v) is 6.14. The van der Waals surface area contributed by atoms with Gasteiger partial charge in [0.25, 0.3) is 0 Å². The highest BCUT2D eigenvalue weighted by molar-refractivity contribution is 5.15. The topological polar surface area (TPSA) is 3.24 Å². The molecule has 0 N–H and O–H groups in total. The molecular formula is C14H21N. The molecule has 1 heteroatoms. The molecule has 2 atom stereocenters. The summed E-state index contributed by atoms with van der Waals surface area (Å²) in [4.78, 5) is 2.66. The lowest BCUT2D eigenvalue weighted by molar-refractivity contribution is 0.00271. The molecule has 0 radical (unpaired) electrons. The van der Waals surface area contributed by atoms with Crippen LogP contribution >= 0.6 is 0 Å². The zero-order chi connectivity index (χ0) is 10.7. The van der Waals surface area contributed by atoms with Crippen molar-refractivity contribution < 1.29 is 0 Å². The number of hydrogen-bond acceptors (Lipinski definition) is 1. The lowest BCUT2D eigenvalue weighted by Gasteiger charge is -2.48. The maximum absolute atomic E-state index is 2.66. The summed E-state index contributed by atoms with van der Waals surface area (Å²) in [6.45, 7) is 5.74. The molecule has 0 amide bonds. The number of likely N-dealkylation sites (tertiary alicyclic amines) is 1. The molecule has 1 aliphatic rings. The minimum Gasteiger partial charge on any atom is -0.293 e. The molecular weight excluding hydrogens is 182 g/mol. The Morgan fingerprint density at radius 2 is 1.67 bits per heavy atom. The number of benzene rings is 1. The van der Waals surface area contributed by atoms with Gasteiger partial charge in [0.2, 0.25) is 0 Å². The second-order valence-electron chi connectivity index (χ2n) is 4.52. The molecule has 2 rings (SSSR count). The van der Waals surface area contributed by atoms with Gasteiger partial charge in [-0.05, 0) is 24.8 Å². The molecule has 0 bridgehead atoms. The van der Waals surface area contributed by atoms with E-state index in [1.807, 2.05) is 0 Å². The van der Waals surface area contributed by atoms with Crippen LogP contribution in [0.25, 0.3) is 0 Å². The maximum Gasteiger partial charge on any atom is 0.0239 e. The fourth-order valence-electron chi connectivity index (χ4n) is 2.60. The first-order chi connectivity index (χ1) is 7.35. The van der Waals surface area contributed by atoms with Gasteiger partial charge < -0.3 is 0 Å². The number of nitrogens with zero attached hydrogens (tertiary/aromatic N) is 1. The summed E-state index contributed by atoms with van der Waals surface area (Å²) >= 11 is 0. The monoisotopic (exact) mass is 203 g/mol. The predicted octanol–water partition coefficient (Wildman–Crippen LogP) is 3.45. The Hall–Kier alpha value is -0.820. The van der Waals surface area contributed by atoms with Crippen LogP contribution in [0.1, 0.15) is 38.7 Å². The van der Waals surface area contributed by atoms with Crippen LogP contribution in [0.15, 0.2) is 30.3 Å². The molecule has 1 aliphatic heterocycles. The van der Waals surface area contributed by atoms with E-state index in [9.17, 15) is 0 Å². The average molecular weight is 203 g/mol. The van der Waals surface area contributed by atoms with E-state index in [1.165, 1.54) is 24.8 Å². The highest BCUT2D eigenvalue weighted by atomic mass is 15.2. The van der Waals surface area contributed by atoms with Crippen LogP contribution < -0.4 is 0 Å². The number of hydrogen-bond donors (Lipinski definition) is 0. The fourth-order valence-corrected chi connectivity index (χ4v) is 2.60. The second-order valence-corrected chi connectivity index (χ2v) is 4.52. The van der Waals surface area contributed by atoms with Gasteiger partial charge in [-0.2, -0.15) is 0 Å². The Kier molecular flexibility index (Phi) is 3.42. The molecule has 1 fully saturated rings. The van der Waals surface area contributed by atoms with Crippen molar-refractivity contribution in [3.05, 3.63) is 35.9 Å². The van der Waals surface area contributed by atoms with Gasteiger partial charge in [-0.25, -0.2) is 0 Å². The van der Waals surface area contributed by atoms with Crippen LogP contribution in [0.4, 0.5) is 0 Å². The molecule has 82 valence electrons. The average Bonchev–Trinajstić information content (AvgIpc) is 2.27. The smallest absolute Gasteiger partial charge is 0.0239 e. The van der Waals surface area contributed by atoms with Gasteiger partial charge in [0.15, 0.2) is 0 Å². The van der Waals surface area contributed by atoms with Gasteiger partial charge in [-0.3, -0.25) is 4.90 Å². The van der Waals surface area contributed by atoms with Gasteiger partial charge in [0, 0.05) is 18.6 Å². The van der Waals surface area contributed by atoms with Crippen molar-refractivity contribution in [1.29, 1.82) is 0 Å². The van der Waals surface area contributed by atoms with E-state index in [4.69, 9.17) is 0 Å². The minimum absolute atomic E-state index is 0.829. The predicted molar refractivity (Wildman–Crippen MR) is 64.8 cm³/mol. The lowest BCUT2D eigenvalue weighted by atomic mass is 9.88. The van der Waals surface area contributed by atoms with Crippen molar-refractivity contribution in [3.63, 3.8) is 0 Å². The summed E-state index contributed by atoms with van der Waals surface area (Å²) in [5.41, 5.74) is 1.45. The molecule has 15 heavy (non-hydrogen) atoms. The molecule has 0 unspecified atom stereocenters. The van der Waals surface area contributed by atoms with E-state index in [-0.39, 0.29) is 0 Å². The van der Waals surface area contributed by atoms with Crippen LogP contribution in [-0.4, -0.2) is 17.0 Å². The minimum atomic E-state index is 0.829. The van der Waals surface area contributed by atoms with E-state index in [1.54, 1.807) is 0 Å². The summed E-state index contributed by atoms with van der Waals surface area (Å²) < 4.78 is 0. The lowest BCUT2D eigenvalue weighted by Crippen LogP contribution is -2.54. The molecule has 0 saturated carbocycles. The summed E-state index contributed by atoms with van der Waals surface area (Å²) in [6.07, 6.45) is 3.99. The Morgan fingerprint density at radius 1 is 1.07 bits per heavy atom. The molecule has 0 aliphatic carbocycles. The SMILES string of the molecule is CC[C@@H]1C[C@H](CC)N1Cc1ccccc1. The Balaban J connectivity index is 1.98. The third-order valence-electron chi connectivity index (χ3n) is 3.63. The van der Waals surface area contributed by atoms with Gasteiger partial charge >= 0.3 is 0 Å². The molecule has 1 heterocycles. The quantitative estimate of drug-likeness (QED) is 0.724. The highest BCUT2D eigenvalue weighted by Gasteiger charge is 2.35. The first kappa shape index (κ1) is 10.7. The van der Waals surface area contributed by atoms with Crippen LogP contribution in [0.3, 0.4) is 0 Å². The van der Waals surface area contributed by atoms with E-state index >= 15 is 0 Å². The van der Waals surface area contributed by atoms with Crippen molar-refractivity contribution in [2.45, 2.75) is 51.7 Å². The molecule has 1 saturated heterocycles. The molecule has 1 nitrogen and oxygen atoms in total. The molecule has 0 aromatic heterocycles. The third-order valence-corrected chi connectivity index (χ3v) is 3.63. The van der Waals surface area contributed by atoms with Crippen molar-refractivity contribution in [3.8, 4) is 0 Å². The van der Waals surface area contributed by atoms with E-state index in [2.05, 4.69) is 49.1 Å². The fraction of sp³-hybridized carbons (Fsp3) is 0.571. The summed E-state index contributed by atoms with van der Waals surface area (Å²) in [6, 6.07) is 12.5. The highest BCUT2D eigenvalue weighted by Crippen LogP contribution is 2.31. The number of rotatable bonds is 4. The van der Waals surface area contributed by atoms with Crippen LogP contribution in [0.5, 0.6) is 0 Å². The Morgan fingerprint density at radius 3 is 2.20 bits per heavy atom. The Labute approximate surface area is 93.1 Å². The van der Waals surface area contributed by atoms with Gasteiger partial charge in [0.05, 0.1) is 0 Å². The van der Waals surface area contributed by atoms with Gasteiger partial charge in [0.1, 0.15) is 0 Å². The third kappa shape index (κ3) is 2.23. The zero-order valence-corrected chi connectivity index (χ0v) is 9.82. The maximum atomic E-state index is 2.66. The van der Waals surface area contributed by atoms with Crippen LogP contribution in [0, 0.1) is 0 Å². The van der Waals surface area contributed by atoms with Crippen LogP contribution in [-0.2, 0) is 6.54 Å². The summed E-state index contributed by atoms with van der Waals surface area (Å²) in [7, 11) is 0. The van der Waals surface area contributed by atoms with Gasteiger partial charge in [-0.1, -0.05) is 44.2 Å². The largest absolute Gasteiger partial charge is 0.293 e.